The van der Waals surface area contributed by atoms with Crippen molar-refractivity contribution >= 4 is 25.5 Å². The molecule has 7 heteroatoms. The van der Waals surface area contributed by atoms with Crippen molar-refractivity contribution < 1.29 is 4.84 Å². The smallest absolute Gasteiger partial charge is 0.182 e. The first-order chi connectivity index (χ1) is 8.05. The number of rotatable bonds is 2. The van der Waals surface area contributed by atoms with E-state index in [4.69, 9.17) is 4.84 Å². The summed E-state index contributed by atoms with van der Waals surface area (Å²) in [5.41, 5.74) is 1.49. The zero-order valence-corrected chi connectivity index (χ0v) is 13.0. The average molecular weight is 287 g/mol. The molecule has 0 amide bonds. The summed E-state index contributed by atoms with van der Waals surface area (Å²) >= 11 is 0. The molecule has 0 spiro atoms. The van der Waals surface area contributed by atoms with Gasteiger partial charge in [-0.3, -0.25) is 0 Å². The first-order valence-corrected chi connectivity index (χ1v) is 8.00. The molecule has 0 fully saturated rings. The van der Waals surface area contributed by atoms with Crippen LogP contribution in [0.4, 0.5) is 0 Å². The van der Waals surface area contributed by atoms with E-state index in [2.05, 4.69) is 41.9 Å². The van der Waals surface area contributed by atoms with Gasteiger partial charge in [0.2, 0.25) is 0 Å². The summed E-state index contributed by atoms with van der Waals surface area (Å²) in [5, 5.41) is 0. The van der Waals surface area contributed by atoms with Gasteiger partial charge in [-0.25, -0.2) is 0 Å². The van der Waals surface area contributed by atoms with Gasteiger partial charge in [-0.05, 0) is 23.1 Å². The molecule has 1 aromatic heterocycles. The lowest BCUT2D eigenvalue weighted by Gasteiger charge is -2.19. The fourth-order valence-corrected chi connectivity index (χ4v) is 4.39. The number of aromatic nitrogens is 3. The van der Waals surface area contributed by atoms with Gasteiger partial charge in [0.25, 0.3) is 0 Å². The van der Waals surface area contributed by atoms with Gasteiger partial charge in [0.15, 0.2) is 14.3 Å². The summed E-state index contributed by atoms with van der Waals surface area (Å²) in [7, 11) is 1.85. The van der Waals surface area contributed by atoms with Crippen LogP contribution in [0.5, 0.6) is 5.75 Å². The second kappa shape index (κ2) is 5.31. The van der Waals surface area contributed by atoms with Crippen LogP contribution in [-0.2, 0) is 5.41 Å². The van der Waals surface area contributed by atoms with Gasteiger partial charge >= 0.3 is 0 Å². The molecule has 2 rings (SSSR count). The normalized spacial score (nSPS) is 12.6. The first kappa shape index (κ1) is 12.8. The second-order valence-corrected chi connectivity index (χ2v) is 8.25. The van der Waals surface area contributed by atoms with E-state index in [9.17, 15) is 0 Å². The highest BCUT2D eigenvalue weighted by atomic mass is 31.1. The first-order valence-electron chi connectivity index (χ1n) is 5.31. The van der Waals surface area contributed by atoms with Crippen molar-refractivity contribution in [2.75, 3.05) is 0 Å². The summed E-state index contributed by atoms with van der Waals surface area (Å²) in [6.07, 6.45) is 0. The van der Waals surface area contributed by atoms with Gasteiger partial charge in [0.05, 0.1) is 8.51 Å². The summed E-state index contributed by atoms with van der Waals surface area (Å²) in [4.78, 5) is 5.70. The van der Waals surface area contributed by atoms with Gasteiger partial charge < -0.3 is 9.35 Å². The molecule has 0 bridgehead atoms. The van der Waals surface area contributed by atoms with Crippen molar-refractivity contribution in [1.82, 2.24) is 13.3 Å². The lowest BCUT2D eigenvalue weighted by atomic mass is 9.87. The second-order valence-electron chi connectivity index (χ2n) is 4.68. The van der Waals surface area contributed by atoms with Crippen molar-refractivity contribution in [3.63, 3.8) is 0 Å². The van der Waals surface area contributed by atoms with Gasteiger partial charge in [-0.2, -0.15) is 4.51 Å². The van der Waals surface area contributed by atoms with Crippen LogP contribution < -0.4 is 4.84 Å². The molecule has 4 nitrogen and oxygen atoms in total. The minimum absolute atomic E-state index is 0.182. The maximum Gasteiger partial charge on any atom is 0.182 e. The zero-order valence-electron chi connectivity index (χ0n) is 10.1. The van der Waals surface area contributed by atoms with Crippen molar-refractivity contribution in [3.8, 4) is 5.75 Å². The number of aromatic amines is 1. The van der Waals surface area contributed by atoms with E-state index >= 15 is 0 Å². The van der Waals surface area contributed by atoms with Crippen molar-refractivity contribution in [1.29, 1.82) is 0 Å². The van der Waals surface area contributed by atoms with Gasteiger partial charge in [-0.1, -0.05) is 32.9 Å². The number of benzene rings is 1. The summed E-state index contributed by atoms with van der Waals surface area (Å²) in [6.45, 7) is 6.62. The van der Waals surface area contributed by atoms with Gasteiger partial charge in [0, 0.05) is 8.51 Å². The predicted molar refractivity (Wildman–Crippen MR) is 76.9 cm³/mol. The van der Waals surface area contributed by atoms with E-state index in [1.807, 2.05) is 16.4 Å². The number of nitrogens with one attached hydrogen (secondary N) is 1. The molecule has 0 aliphatic carbocycles. The van der Waals surface area contributed by atoms with Crippen LogP contribution in [0.2, 0.25) is 0 Å². The Morgan fingerprint density at radius 3 is 2.53 bits per heavy atom. The molecule has 1 heterocycles. The lowest BCUT2D eigenvalue weighted by Crippen LogP contribution is -2.10. The van der Waals surface area contributed by atoms with E-state index in [1.165, 1.54) is 5.56 Å². The van der Waals surface area contributed by atoms with Crippen LogP contribution in [0.3, 0.4) is 0 Å². The Bertz CT molecular complexity index is 484. The molecular formula is C10H16N3OP3. The third-order valence-electron chi connectivity index (χ3n) is 2.30. The summed E-state index contributed by atoms with van der Waals surface area (Å²) in [5.74, 6) is 0.861. The van der Waals surface area contributed by atoms with E-state index in [0.29, 0.717) is 17.0 Å². The quantitative estimate of drug-likeness (QED) is 0.902. The standard InChI is InChI=1S/C10H16N3OP3/c1-10(2,3)8-4-6-9(7-5-8)14-13-16-11-15-12-17-13/h4-7,11,15-16H,1-3H3. The van der Waals surface area contributed by atoms with E-state index < -0.39 is 0 Å². The number of nitrogens with zero attached hydrogens (tertiary/aromatic N) is 2. The highest BCUT2D eigenvalue weighted by molar-refractivity contribution is 7.44. The molecule has 0 aliphatic rings. The van der Waals surface area contributed by atoms with Crippen LogP contribution in [0, 0.1) is 0 Å². The van der Waals surface area contributed by atoms with E-state index in [-0.39, 0.29) is 5.41 Å². The van der Waals surface area contributed by atoms with Crippen LogP contribution in [0.15, 0.2) is 24.3 Å². The lowest BCUT2D eigenvalue weighted by molar-refractivity contribution is 0.276. The predicted octanol–water partition coefficient (Wildman–Crippen LogP) is 4.12. The molecule has 92 valence electrons. The molecule has 2 atom stereocenters. The van der Waals surface area contributed by atoms with Crippen LogP contribution in [0.1, 0.15) is 26.3 Å². The Morgan fingerprint density at radius 1 is 1.29 bits per heavy atom. The summed E-state index contributed by atoms with van der Waals surface area (Å²) < 4.78 is 9.19. The Labute approximate surface area is 106 Å². The molecule has 1 N–H and O–H groups in total. The molecule has 0 radical (unpaired) electrons. The third kappa shape index (κ3) is 3.64. The fourth-order valence-electron chi connectivity index (χ4n) is 1.34. The Morgan fingerprint density at radius 2 is 2.00 bits per heavy atom. The van der Waals surface area contributed by atoms with Gasteiger partial charge in [-0.15, -0.1) is 4.26 Å². The molecule has 0 saturated heterocycles. The number of hydrogen-bond acceptors (Lipinski definition) is 2. The molecule has 2 aromatic rings. The highest BCUT2D eigenvalue weighted by Crippen LogP contribution is 2.25. The monoisotopic (exact) mass is 287 g/mol. The minimum atomic E-state index is 0.182. The largest absolute Gasteiger partial charge is 0.366 e. The van der Waals surface area contributed by atoms with Gasteiger partial charge in [0.1, 0.15) is 0 Å². The average Bonchev–Trinajstić information content (AvgIpc) is 2.30. The molecular weight excluding hydrogens is 271 g/mol. The van der Waals surface area contributed by atoms with Crippen LogP contribution in [-0.4, -0.2) is 13.3 Å². The highest BCUT2D eigenvalue weighted by Gasteiger charge is 2.12. The van der Waals surface area contributed by atoms with Crippen molar-refractivity contribution in [2.24, 2.45) is 0 Å². The zero-order chi connectivity index (χ0) is 12.3. The molecule has 2 unspecified atom stereocenters. The Kier molecular flexibility index (Phi) is 3.99. The van der Waals surface area contributed by atoms with E-state index in [0.717, 1.165) is 14.3 Å². The fraction of sp³-hybridized carbons (Fsp3) is 0.400. The molecule has 1 aromatic carbocycles. The third-order valence-corrected chi connectivity index (χ3v) is 5.04. The van der Waals surface area contributed by atoms with Crippen LogP contribution in [0.25, 0.3) is 0 Å². The van der Waals surface area contributed by atoms with Crippen LogP contribution >= 0.6 is 25.5 Å². The SMILES string of the molecule is CC(C)(C)c1ccc(On2pn[pH][nH][pH]2)cc1. The van der Waals surface area contributed by atoms with Crippen molar-refractivity contribution in [3.05, 3.63) is 29.8 Å². The maximum atomic E-state index is 5.70. The van der Waals surface area contributed by atoms with Crippen molar-refractivity contribution in [2.45, 2.75) is 26.2 Å². The maximum absolute atomic E-state index is 5.70. The molecule has 0 aliphatic heterocycles. The summed E-state index contributed by atoms with van der Waals surface area (Å²) in [6, 6.07) is 8.26. The Hall–Kier alpha value is -0.680. The number of H-pyrrole nitrogens is 1. The molecule has 0 saturated carbocycles. The Balaban J connectivity index is 2.14. The number of hydrogen-bond donors (Lipinski definition) is 1. The van der Waals surface area contributed by atoms with E-state index in [1.54, 1.807) is 0 Å². The molecule has 17 heavy (non-hydrogen) atoms. The minimum Gasteiger partial charge on any atom is -0.366 e. The topological polar surface area (TPSA) is 42.8 Å².